The minimum atomic E-state index is -0.339. The first-order chi connectivity index (χ1) is 9.32. The maximum Gasteiger partial charge on any atom is 0.158 e. The minimum Gasteiger partial charge on any atom is -0.455 e. The first-order valence-electron chi connectivity index (χ1n) is 4.97. The molecule has 0 amide bonds. The number of hydrogen-bond donors (Lipinski definition) is 0. The Labute approximate surface area is 165 Å². The number of halogens is 7. The van der Waals surface area contributed by atoms with E-state index in [-0.39, 0.29) is 5.82 Å². The normalized spacial score (nSPS) is 10.8. The molecule has 0 fully saturated rings. The van der Waals surface area contributed by atoms with E-state index in [2.05, 4.69) is 95.6 Å². The van der Waals surface area contributed by atoms with Gasteiger partial charge in [0.2, 0.25) is 0 Å². The molecule has 0 heterocycles. The van der Waals surface area contributed by atoms with Crippen LogP contribution in [0.15, 0.2) is 45.0 Å². The monoisotopic (exact) mass is 656 g/mol. The zero-order valence-electron chi connectivity index (χ0n) is 9.29. The Kier molecular flexibility index (Phi) is 6.16. The SMILES string of the molecule is Fc1ccc(Oc2c(Br)c(Br)c(Br)c(Br)c2Br)cc1Br. The fraction of sp³-hybridized carbons (Fsp3) is 0. The van der Waals surface area contributed by atoms with Gasteiger partial charge in [-0.2, -0.15) is 0 Å². The van der Waals surface area contributed by atoms with Crippen LogP contribution in [0.5, 0.6) is 11.5 Å². The lowest BCUT2D eigenvalue weighted by Crippen LogP contribution is -1.91. The molecule has 0 unspecified atom stereocenters. The highest BCUT2D eigenvalue weighted by molar-refractivity contribution is 9.15. The lowest BCUT2D eigenvalue weighted by atomic mass is 10.3. The number of rotatable bonds is 2. The average Bonchev–Trinajstić information content (AvgIpc) is 2.43. The third-order valence-electron chi connectivity index (χ3n) is 2.28. The topological polar surface area (TPSA) is 9.23 Å². The molecule has 8 heteroatoms. The van der Waals surface area contributed by atoms with Crippen molar-refractivity contribution in [1.82, 2.24) is 0 Å². The molecule has 2 rings (SSSR count). The second-order valence-electron chi connectivity index (χ2n) is 3.58. The van der Waals surface area contributed by atoms with Crippen molar-refractivity contribution in [2.45, 2.75) is 0 Å². The second-order valence-corrected chi connectivity index (χ2v) is 8.40. The Morgan fingerprint density at radius 2 is 1.25 bits per heavy atom. The van der Waals surface area contributed by atoms with Gasteiger partial charge in [0.15, 0.2) is 5.75 Å². The van der Waals surface area contributed by atoms with Gasteiger partial charge < -0.3 is 4.74 Å². The van der Waals surface area contributed by atoms with Crippen LogP contribution in [0.1, 0.15) is 0 Å². The van der Waals surface area contributed by atoms with E-state index in [1.807, 2.05) is 0 Å². The smallest absolute Gasteiger partial charge is 0.158 e. The van der Waals surface area contributed by atoms with Crippen molar-refractivity contribution in [2.24, 2.45) is 0 Å². The van der Waals surface area contributed by atoms with Crippen LogP contribution in [-0.2, 0) is 0 Å². The molecular formula is C12H3Br6FO. The molecule has 0 N–H and O–H groups in total. The van der Waals surface area contributed by atoms with Crippen LogP contribution in [0.3, 0.4) is 0 Å². The van der Waals surface area contributed by atoms with Crippen LogP contribution in [-0.4, -0.2) is 0 Å². The van der Waals surface area contributed by atoms with Gasteiger partial charge in [-0.1, -0.05) is 0 Å². The molecule has 2 aromatic carbocycles. The van der Waals surface area contributed by atoms with Crippen LogP contribution in [0.25, 0.3) is 0 Å². The molecule has 106 valence electrons. The van der Waals surface area contributed by atoms with E-state index in [4.69, 9.17) is 4.74 Å². The third-order valence-corrected chi connectivity index (χ3v) is 8.91. The molecule has 0 aliphatic heterocycles. The largest absolute Gasteiger partial charge is 0.455 e. The van der Waals surface area contributed by atoms with Crippen molar-refractivity contribution >= 4 is 95.6 Å². The summed E-state index contributed by atoms with van der Waals surface area (Å²) in [4.78, 5) is 0. The van der Waals surface area contributed by atoms with E-state index < -0.39 is 0 Å². The fourth-order valence-electron chi connectivity index (χ4n) is 1.33. The lowest BCUT2D eigenvalue weighted by molar-refractivity contribution is 0.473. The van der Waals surface area contributed by atoms with Crippen molar-refractivity contribution in [3.05, 3.63) is 50.9 Å². The van der Waals surface area contributed by atoms with Crippen LogP contribution in [0, 0.1) is 5.82 Å². The quantitative estimate of drug-likeness (QED) is 0.233. The summed E-state index contributed by atoms with van der Waals surface area (Å²) in [6.07, 6.45) is 0. The van der Waals surface area contributed by atoms with Crippen LogP contribution >= 0.6 is 95.6 Å². The van der Waals surface area contributed by atoms with E-state index >= 15 is 0 Å². The van der Waals surface area contributed by atoms with Crippen molar-refractivity contribution in [3.8, 4) is 11.5 Å². The molecule has 0 spiro atoms. The Hall–Kier alpha value is 1.05. The molecule has 0 saturated heterocycles. The van der Waals surface area contributed by atoms with Crippen LogP contribution < -0.4 is 4.74 Å². The van der Waals surface area contributed by atoms with Crippen molar-refractivity contribution in [3.63, 3.8) is 0 Å². The highest BCUT2D eigenvalue weighted by Gasteiger charge is 2.19. The van der Waals surface area contributed by atoms with Crippen LogP contribution in [0.2, 0.25) is 0 Å². The van der Waals surface area contributed by atoms with Gasteiger partial charge in [-0.25, -0.2) is 4.39 Å². The van der Waals surface area contributed by atoms with Crippen molar-refractivity contribution < 1.29 is 9.13 Å². The summed E-state index contributed by atoms with van der Waals surface area (Å²) < 4.78 is 23.3. The van der Waals surface area contributed by atoms with Gasteiger partial charge >= 0.3 is 0 Å². The summed E-state index contributed by atoms with van der Waals surface area (Å²) in [6.45, 7) is 0. The van der Waals surface area contributed by atoms with Gasteiger partial charge in [0, 0.05) is 4.47 Å². The van der Waals surface area contributed by atoms with Gasteiger partial charge in [-0.05, 0) is 114 Å². The molecule has 1 nitrogen and oxygen atoms in total. The summed E-state index contributed by atoms with van der Waals surface area (Å²) >= 11 is 20.4. The maximum atomic E-state index is 13.2. The van der Waals surface area contributed by atoms with Crippen molar-refractivity contribution in [2.75, 3.05) is 0 Å². The minimum absolute atomic E-state index is 0.339. The molecule has 0 aliphatic carbocycles. The van der Waals surface area contributed by atoms with Crippen molar-refractivity contribution in [1.29, 1.82) is 0 Å². The predicted molar refractivity (Wildman–Crippen MR) is 99.1 cm³/mol. The van der Waals surface area contributed by atoms with Gasteiger partial charge in [0.1, 0.15) is 11.6 Å². The molecule has 0 atom stereocenters. The molecule has 0 saturated carbocycles. The average molecular weight is 662 g/mol. The van der Waals surface area contributed by atoms with Crippen LogP contribution in [0.4, 0.5) is 4.39 Å². The Morgan fingerprint density at radius 3 is 1.75 bits per heavy atom. The summed E-state index contributed by atoms with van der Waals surface area (Å²) in [5, 5.41) is 0. The van der Waals surface area contributed by atoms with Gasteiger partial charge in [0.25, 0.3) is 0 Å². The number of benzene rings is 2. The first-order valence-corrected chi connectivity index (χ1v) is 9.73. The molecule has 20 heavy (non-hydrogen) atoms. The molecule has 0 bridgehead atoms. The summed E-state index contributed by atoms with van der Waals surface area (Å²) in [5.74, 6) is 0.750. The number of hydrogen-bond acceptors (Lipinski definition) is 1. The third kappa shape index (κ3) is 3.51. The molecule has 2 aromatic rings. The van der Waals surface area contributed by atoms with E-state index in [0.29, 0.717) is 16.0 Å². The second kappa shape index (κ2) is 7.08. The molecule has 0 aliphatic rings. The van der Waals surface area contributed by atoms with Gasteiger partial charge in [-0.15, -0.1) is 0 Å². The lowest BCUT2D eigenvalue weighted by Gasteiger charge is -2.14. The zero-order valence-corrected chi connectivity index (χ0v) is 18.8. The fourth-order valence-corrected chi connectivity index (χ4v) is 4.86. The number of ether oxygens (including phenoxy) is 1. The van der Waals surface area contributed by atoms with E-state index in [9.17, 15) is 4.39 Å². The summed E-state index contributed by atoms with van der Waals surface area (Å²) in [5.41, 5.74) is 0. The highest BCUT2D eigenvalue weighted by atomic mass is 79.9. The Balaban J connectivity index is 2.51. The van der Waals surface area contributed by atoms with E-state index in [1.54, 1.807) is 12.1 Å². The van der Waals surface area contributed by atoms with E-state index in [0.717, 1.165) is 22.4 Å². The Bertz CT molecular complexity index is 659. The molecular weight excluding hydrogens is 659 g/mol. The van der Waals surface area contributed by atoms with E-state index in [1.165, 1.54) is 6.07 Å². The highest BCUT2D eigenvalue weighted by Crippen LogP contribution is 2.49. The Morgan fingerprint density at radius 1 is 0.750 bits per heavy atom. The molecule has 0 aromatic heterocycles. The first kappa shape index (κ1) is 17.4. The van der Waals surface area contributed by atoms with Gasteiger partial charge in [0.05, 0.1) is 22.4 Å². The summed E-state index contributed by atoms with van der Waals surface area (Å²) in [6, 6.07) is 4.46. The molecule has 0 radical (unpaired) electrons. The maximum absolute atomic E-state index is 13.2. The zero-order chi connectivity index (χ0) is 15.0. The standard InChI is InChI=1S/C12H3Br6FO/c13-5-3-4(1-2-6(5)19)20-12-10(17)8(15)7(14)9(16)11(12)18/h1-3H. The predicted octanol–water partition coefficient (Wildman–Crippen LogP) is 8.19. The summed E-state index contributed by atoms with van der Waals surface area (Å²) in [7, 11) is 0. The van der Waals surface area contributed by atoms with Gasteiger partial charge in [-0.3, -0.25) is 0 Å².